The number of anilines is 1. The smallest absolute Gasteiger partial charge is 0.279 e. The summed E-state index contributed by atoms with van der Waals surface area (Å²) in [5, 5.41) is 0.133. The Kier molecular flexibility index (Phi) is 5.85. The summed E-state index contributed by atoms with van der Waals surface area (Å²) in [7, 11) is -4.60. The summed E-state index contributed by atoms with van der Waals surface area (Å²) in [6.45, 7) is 2.99. The Balaban J connectivity index is 1.56. The molecule has 156 valence electrons. The van der Waals surface area contributed by atoms with Gasteiger partial charge in [0.05, 0.1) is 13.2 Å². The van der Waals surface area contributed by atoms with Gasteiger partial charge in [-0.1, -0.05) is 48.5 Å². The average molecular weight is 426 g/mol. The second kappa shape index (κ2) is 8.55. The van der Waals surface area contributed by atoms with Gasteiger partial charge in [0, 0.05) is 25.2 Å². The summed E-state index contributed by atoms with van der Waals surface area (Å²) in [4.78, 5) is 15.1. The molecule has 1 N–H and O–H groups in total. The van der Waals surface area contributed by atoms with Crippen LogP contribution in [-0.4, -0.2) is 45.1 Å². The number of ether oxygens (including phenoxy) is 1. The van der Waals surface area contributed by atoms with Gasteiger partial charge in [-0.3, -0.25) is 9.35 Å². The predicted octanol–water partition coefficient (Wildman–Crippen LogP) is 3.42. The lowest BCUT2D eigenvalue weighted by Gasteiger charge is -2.28. The lowest BCUT2D eigenvalue weighted by molar-refractivity contribution is -0.118. The minimum atomic E-state index is -4.60. The zero-order chi connectivity index (χ0) is 21.1. The molecule has 0 aromatic heterocycles. The van der Waals surface area contributed by atoms with Crippen LogP contribution in [0.25, 0.3) is 10.8 Å². The number of rotatable bonds is 6. The van der Waals surface area contributed by atoms with Crippen molar-refractivity contribution in [3.05, 3.63) is 77.9 Å². The van der Waals surface area contributed by atoms with Crippen LogP contribution in [0.1, 0.15) is 16.4 Å². The molecule has 0 amide bonds. The lowest BCUT2D eigenvalue weighted by Crippen LogP contribution is -2.36. The molecule has 0 bridgehead atoms. The van der Waals surface area contributed by atoms with E-state index in [0.717, 1.165) is 29.5 Å². The van der Waals surface area contributed by atoms with Crippen LogP contribution in [0.2, 0.25) is 0 Å². The predicted molar refractivity (Wildman–Crippen MR) is 116 cm³/mol. The van der Waals surface area contributed by atoms with Gasteiger partial charge in [0.1, 0.15) is 0 Å². The number of morpholine rings is 1. The highest BCUT2D eigenvalue weighted by atomic mass is 32.2. The fraction of sp³-hybridized carbons (Fsp3) is 0.261. The molecule has 4 rings (SSSR count). The Morgan fingerprint density at radius 3 is 2.30 bits per heavy atom. The van der Waals surface area contributed by atoms with Crippen molar-refractivity contribution in [1.82, 2.24) is 0 Å². The molecule has 0 radical (unpaired) electrons. The second-order valence-corrected chi connectivity index (χ2v) is 8.91. The van der Waals surface area contributed by atoms with Crippen molar-refractivity contribution in [1.29, 1.82) is 0 Å². The first-order valence-electron chi connectivity index (χ1n) is 9.81. The van der Waals surface area contributed by atoms with Crippen molar-refractivity contribution in [2.45, 2.75) is 11.7 Å². The number of hydrogen-bond acceptors (Lipinski definition) is 5. The van der Waals surface area contributed by atoms with Crippen LogP contribution in [-0.2, 0) is 26.1 Å². The first-order chi connectivity index (χ1) is 14.4. The zero-order valence-electron chi connectivity index (χ0n) is 16.4. The molecule has 1 saturated heterocycles. The number of carbonyl (C=O) groups is 1. The van der Waals surface area contributed by atoms with E-state index in [0.29, 0.717) is 18.8 Å². The monoisotopic (exact) mass is 425 g/mol. The van der Waals surface area contributed by atoms with E-state index in [1.807, 2.05) is 48.5 Å². The van der Waals surface area contributed by atoms with Crippen molar-refractivity contribution >= 4 is 32.4 Å². The summed E-state index contributed by atoms with van der Waals surface area (Å²) in [6.07, 6.45) is -0.0827. The molecular weight excluding hydrogens is 402 g/mol. The van der Waals surface area contributed by atoms with Crippen LogP contribution in [0.15, 0.2) is 66.7 Å². The normalized spacial score (nSPS) is 15.8. The summed E-state index contributed by atoms with van der Waals surface area (Å²) in [5.41, 5.74) is 2.01. The number of hydrogen-bond donors (Lipinski definition) is 1. The Morgan fingerprint density at radius 1 is 0.967 bits per heavy atom. The van der Waals surface area contributed by atoms with Crippen molar-refractivity contribution < 1.29 is 22.5 Å². The van der Waals surface area contributed by atoms with Crippen molar-refractivity contribution in [3.8, 4) is 0 Å². The molecule has 7 heteroatoms. The number of benzene rings is 3. The Morgan fingerprint density at radius 2 is 1.63 bits per heavy atom. The van der Waals surface area contributed by atoms with Gasteiger partial charge in [-0.05, 0) is 40.1 Å². The van der Waals surface area contributed by atoms with E-state index < -0.39 is 21.2 Å². The van der Waals surface area contributed by atoms with Gasteiger partial charge in [0.15, 0.2) is 11.0 Å². The molecule has 0 saturated carbocycles. The molecule has 1 atom stereocenters. The molecule has 0 aliphatic carbocycles. The van der Waals surface area contributed by atoms with Crippen molar-refractivity contribution in [2.75, 3.05) is 31.2 Å². The quantitative estimate of drug-likeness (QED) is 0.610. The van der Waals surface area contributed by atoms with E-state index in [1.54, 1.807) is 18.2 Å². The standard InChI is InChI=1S/C23H23NO5S/c25-22(15-17-5-9-21(10-6-17)24-11-13-29-14-12-24)23(30(26,27)28)20-8-7-18-3-1-2-4-19(18)16-20/h1-10,16,23H,11-15H2,(H,26,27,28). The number of Topliss-reactive ketones (excluding diaryl/α,β-unsaturated/α-hetero) is 1. The number of carbonyl (C=O) groups excluding carboxylic acids is 1. The zero-order valence-corrected chi connectivity index (χ0v) is 17.2. The van der Waals surface area contributed by atoms with Gasteiger partial charge < -0.3 is 9.64 Å². The molecule has 1 fully saturated rings. The molecule has 6 nitrogen and oxygen atoms in total. The summed E-state index contributed by atoms with van der Waals surface area (Å²) in [5.74, 6) is -0.563. The summed E-state index contributed by atoms with van der Waals surface area (Å²) < 4.78 is 39.3. The Hall–Kier alpha value is -2.74. The van der Waals surface area contributed by atoms with Gasteiger partial charge in [-0.2, -0.15) is 8.42 Å². The van der Waals surface area contributed by atoms with Gasteiger partial charge in [-0.25, -0.2) is 0 Å². The lowest BCUT2D eigenvalue weighted by atomic mass is 9.99. The minimum Gasteiger partial charge on any atom is -0.378 e. The third kappa shape index (κ3) is 4.53. The first kappa shape index (κ1) is 20.5. The fourth-order valence-corrected chi connectivity index (χ4v) is 4.74. The molecule has 1 aliphatic rings. The number of ketones is 1. The van der Waals surface area contributed by atoms with E-state index >= 15 is 0 Å². The second-order valence-electron chi connectivity index (χ2n) is 7.41. The Labute approximate surface area is 175 Å². The van der Waals surface area contributed by atoms with Crippen LogP contribution >= 0.6 is 0 Å². The van der Waals surface area contributed by atoms with Crippen LogP contribution in [0.3, 0.4) is 0 Å². The van der Waals surface area contributed by atoms with E-state index in [-0.39, 0.29) is 12.0 Å². The molecule has 0 spiro atoms. The van der Waals surface area contributed by atoms with E-state index in [9.17, 15) is 17.8 Å². The van der Waals surface area contributed by atoms with Crippen LogP contribution in [0.5, 0.6) is 0 Å². The number of nitrogens with zero attached hydrogens (tertiary/aromatic N) is 1. The highest BCUT2D eigenvalue weighted by Gasteiger charge is 2.32. The maximum Gasteiger partial charge on any atom is 0.279 e. The van der Waals surface area contributed by atoms with Crippen LogP contribution < -0.4 is 4.90 Å². The van der Waals surface area contributed by atoms with Crippen LogP contribution in [0, 0.1) is 0 Å². The Bertz CT molecular complexity index is 1150. The average Bonchev–Trinajstić information content (AvgIpc) is 2.74. The molecule has 30 heavy (non-hydrogen) atoms. The highest BCUT2D eigenvalue weighted by Crippen LogP contribution is 2.28. The number of fused-ring (bicyclic) bond motifs is 1. The first-order valence-corrected chi connectivity index (χ1v) is 11.3. The molecule has 1 heterocycles. The van der Waals surface area contributed by atoms with E-state index in [2.05, 4.69) is 4.90 Å². The van der Waals surface area contributed by atoms with Gasteiger partial charge in [-0.15, -0.1) is 0 Å². The van der Waals surface area contributed by atoms with Gasteiger partial charge >= 0.3 is 0 Å². The van der Waals surface area contributed by atoms with Gasteiger partial charge in [0.25, 0.3) is 10.1 Å². The molecule has 3 aromatic carbocycles. The minimum absolute atomic E-state index is 0.0827. The summed E-state index contributed by atoms with van der Waals surface area (Å²) >= 11 is 0. The van der Waals surface area contributed by atoms with E-state index in [4.69, 9.17) is 4.74 Å². The van der Waals surface area contributed by atoms with Crippen LogP contribution in [0.4, 0.5) is 5.69 Å². The third-order valence-corrected chi connectivity index (χ3v) is 6.49. The molecule has 3 aromatic rings. The van der Waals surface area contributed by atoms with Crippen molar-refractivity contribution in [3.63, 3.8) is 0 Å². The topological polar surface area (TPSA) is 83.9 Å². The SMILES string of the molecule is O=C(Cc1ccc(N2CCOCC2)cc1)C(c1ccc2ccccc2c1)S(=O)(=O)O. The highest BCUT2D eigenvalue weighted by molar-refractivity contribution is 7.86. The molecule has 1 unspecified atom stereocenters. The third-order valence-electron chi connectivity index (χ3n) is 5.36. The van der Waals surface area contributed by atoms with Crippen molar-refractivity contribution in [2.24, 2.45) is 0 Å². The fourth-order valence-electron chi connectivity index (χ4n) is 3.83. The van der Waals surface area contributed by atoms with E-state index in [1.165, 1.54) is 0 Å². The maximum atomic E-state index is 12.9. The maximum absolute atomic E-state index is 12.9. The largest absolute Gasteiger partial charge is 0.378 e. The molecule has 1 aliphatic heterocycles. The molecular formula is C23H23NO5S. The summed E-state index contributed by atoms with van der Waals surface area (Å²) in [6, 6.07) is 19.9. The van der Waals surface area contributed by atoms with Gasteiger partial charge in [0.2, 0.25) is 0 Å².